The fraction of sp³-hybridized carbons (Fsp3) is 0.292. The van der Waals surface area contributed by atoms with Crippen LogP contribution in [0.4, 0.5) is 0 Å². The molecule has 0 bridgehead atoms. The van der Waals surface area contributed by atoms with Crippen molar-refractivity contribution in [1.29, 1.82) is 0 Å². The topological polar surface area (TPSA) is 85.3 Å². The Hall–Kier alpha value is -3.41. The van der Waals surface area contributed by atoms with E-state index >= 15 is 0 Å². The van der Waals surface area contributed by atoms with Crippen molar-refractivity contribution in [3.05, 3.63) is 75.1 Å². The summed E-state index contributed by atoms with van der Waals surface area (Å²) in [7, 11) is 0. The molecule has 0 saturated carbocycles. The number of carbonyl (C=O) groups is 1. The number of pyridine rings is 1. The van der Waals surface area contributed by atoms with Gasteiger partial charge in [0.2, 0.25) is 5.91 Å². The molecule has 0 fully saturated rings. The summed E-state index contributed by atoms with van der Waals surface area (Å²) in [5.41, 5.74) is 4.12. The quantitative estimate of drug-likeness (QED) is 0.522. The second kappa shape index (κ2) is 7.44. The monoisotopic (exact) mass is 402 g/mol. The van der Waals surface area contributed by atoms with Gasteiger partial charge in [0.05, 0.1) is 12.0 Å². The van der Waals surface area contributed by atoms with Crippen molar-refractivity contribution in [3.63, 3.8) is 0 Å². The highest BCUT2D eigenvalue weighted by molar-refractivity contribution is 5.97. The Morgan fingerprint density at radius 3 is 2.80 bits per heavy atom. The molecule has 1 aromatic carbocycles. The van der Waals surface area contributed by atoms with Crippen LogP contribution >= 0.6 is 0 Å². The van der Waals surface area contributed by atoms with E-state index in [-0.39, 0.29) is 12.3 Å². The number of fused-ring (bicyclic) bond motifs is 4. The maximum atomic E-state index is 12.6. The molecule has 30 heavy (non-hydrogen) atoms. The first-order valence-corrected chi connectivity index (χ1v) is 10.3. The van der Waals surface area contributed by atoms with Crippen LogP contribution in [-0.4, -0.2) is 10.9 Å². The number of carbonyl (C=O) groups excluding carboxylic acids is 1. The number of benzene rings is 1. The zero-order valence-corrected chi connectivity index (χ0v) is 16.8. The predicted molar refractivity (Wildman–Crippen MR) is 113 cm³/mol. The first-order valence-electron chi connectivity index (χ1n) is 10.3. The van der Waals surface area contributed by atoms with E-state index in [2.05, 4.69) is 10.3 Å². The summed E-state index contributed by atoms with van der Waals surface area (Å²) in [5, 5.41) is 4.78. The van der Waals surface area contributed by atoms with Crippen LogP contribution in [0.3, 0.4) is 0 Å². The molecule has 3 aromatic heterocycles. The molecular formula is C24H22N2O4. The Balaban J connectivity index is 1.48. The van der Waals surface area contributed by atoms with Gasteiger partial charge in [0, 0.05) is 47.8 Å². The van der Waals surface area contributed by atoms with Crippen molar-refractivity contribution in [2.75, 3.05) is 0 Å². The highest BCUT2D eigenvalue weighted by atomic mass is 16.4. The zero-order chi connectivity index (χ0) is 20.7. The molecule has 1 aliphatic carbocycles. The molecule has 0 radical (unpaired) electrons. The van der Waals surface area contributed by atoms with Crippen molar-refractivity contribution >= 4 is 27.8 Å². The lowest BCUT2D eigenvalue weighted by Gasteiger charge is -2.10. The van der Waals surface area contributed by atoms with Crippen LogP contribution in [-0.2, 0) is 30.6 Å². The van der Waals surface area contributed by atoms with Gasteiger partial charge in [-0.2, -0.15) is 0 Å². The Kier molecular flexibility index (Phi) is 4.62. The molecule has 6 nitrogen and oxygen atoms in total. The number of furan rings is 1. The van der Waals surface area contributed by atoms with Crippen LogP contribution in [0.2, 0.25) is 0 Å². The number of aromatic nitrogens is 1. The molecule has 0 aliphatic heterocycles. The third-order valence-corrected chi connectivity index (χ3v) is 5.91. The first-order chi connectivity index (χ1) is 14.6. The van der Waals surface area contributed by atoms with Gasteiger partial charge in [-0.3, -0.25) is 9.78 Å². The van der Waals surface area contributed by atoms with E-state index in [0.717, 1.165) is 58.9 Å². The summed E-state index contributed by atoms with van der Waals surface area (Å²) in [5.74, 6) is 0.817. The number of amides is 1. The number of hydrogen-bond acceptors (Lipinski definition) is 5. The molecule has 0 atom stereocenters. The van der Waals surface area contributed by atoms with Crippen molar-refractivity contribution in [1.82, 2.24) is 10.3 Å². The smallest absolute Gasteiger partial charge is 0.340 e. The van der Waals surface area contributed by atoms with Crippen molar-refractivity contribution in [2.45, 2.75) is 45.6 Å². The summed E-state index contributed by atoms with van der Waals surface area (Å²) in [6.45, 7) is 2.24. The molecule has 6 heteroatoms. The maximum Gasteiger partial charge on any atom is 0.340 e. The molecule has 5 rings (SSSR count). The van der Waals surface area contributed by atoms with Crippen molar-refractivity contribution in [3.8, 4) is 0 Å². The molecule has 0 unspecified atom stereocenters. The van der Waals surface area contributed by atoms with Gasteiger partial charge in [-0.1, -0.05) is 6.07 Å². The number of aryl methyl sites for hydroxylation is 3. The molecular weight excluding hydrogens is 380 g/mol. The van der Waals surface area contributed by atoms with Gasteiger partial charge in [-0.25, -0.2) is 4.79 Å². The van der Waals surface area contributed by atoms with E-state index in [4.69, 9.17) is 8.83 Å². The minimum Gasteiger partial charge on any atom is -0.461 e. The summed E-state index contributed by atoms with van der Waals surface area (Å²) in [6, 6.07) is 7.57. The van der Waals surface area contributed by atoms with Crippen LogP contribution in [0, 0.1) is 6.92 Å². The van der Waals surface area contributed by atoms with Gasteiger partial charge < -0.3 is 14.2 Å². The third kappa shape index (κ3) is 3.28. The fourth-order valence-electron chi connectivity index (χ4n) is 4.28. The largest absolute Gasteiger partial charge is 0.461 e. The summed E-state index contributed by atoms with van der Waals surface area (Å²) in [6.07, 6.45) is 7.62. The molecule has 0 saturated heterocycles. The van der Waals surface area contributed by atoms with Gasteiger partial charge in [0.15, 0.2) is 0 Å². The Morgan fingerprint density at radius 1 is 1.13 bits per heavy atom. The second-order valence-corrected chi connectivity index (χ2v) is 7.86. The predicted octanol–water partition coefficient (Wildman–Crippen LogP) is 3.98. The SMILES string of the molecule is Cc1c(CC(=O)NCc2cccnc2)c(=O)oc2cc3oc4c(c3cc12)CCCC4. The highest BCUT2D eigenvalue weighted by Crippen LogP contribution is 2.35. The minimum absolute atomic E-state index is 0.0219. The van der Waals surface area contributed by atoms with Gasteiger partial charge in [-0.15, -0.1) is 0 Å². The lowest BCUT2D eigenvalue weighted by Crippen LogP contribution is -2.27. The molecule has 1 N–H and O–H groups in total. The lowest BCUT2D eigenvalue weighted by atomic mass is 9.94. The normalized spacial score (nSPS) is 13.5. The van der Waals surface area contributed by atoms with Crippen LogP contribution < -0.4 is 10.9 Å². The summed E-state index contributed by atoms with van der Waals surface area (Å²) < 4.78 is 11.6. The van der Waals surface area contributed by atoms with Crippen LogP contribution in [0.25, 0.3) is 21.9 Å². The van der Waals surface area contributed by atoms with Crippen LogP contribution in [0.5, 0.6) is 0 Å². The molecule has 1 amide bonds. The van der Waals surface area contributed by atoms with E-state index in [9.17, 15) is 9.59 Å². The van der Waals surface area contributed by atoms with Gasteiger partial charge in [0.25, 0.3) is 0 Å². The van der Waals surface area contributed by atoms with E-state index in [1.54, 1.807) is 12.4 Å². The van der Waals surface area contributed by atoms with Gasteiger partial charge in [0.1, 0.15) is 16.9 Å². The standard InChI is InChI=1S/C24H22N2O4/c1-14-17-9-19-16-6-2-3-7-20(16)29-22(19)11-21(17)30-24(28)18(14)10-23(27)26-13-15-5-4-8-25-12-15/h4-5,8-9,11-12H,2-3,6-7,10,13H2,1H3,(H,26,27). The van der Waals surface area contributed by atoms with Crippen LogP contribution in [0.15, 0.2) is 50.3 Å². The number of nitrogens with zero attached hydrogens (tertiary/aromatic N) is 1. The van der Waals surface area contributed by atoms with Gasteiger partial charge in [-0.05, 0) is 49.4 Å². The molecule has 1 aliphatic rings. The highest BCUT2D eigenvalue weighted by Gasteiger charge is 2.21. The molecule has 3 heterocycles. The van der Waals surface area contributed by atoms with E-state index in [0.29, 0.717) is 17.7 Å². The summed E-state index contributed by atoms with van der Waals surface area (Å²) in [4.78, 5) is 29.1. The number of rotatable bonds is 4. The van der Waals surface area contributed by atoms with E-state index in [1.807, 2.05) is 31.2 Å². The Morgan fingerprint density at radius 2 is 1.97 bits per heavy atom. The maximum absolute atomic E-state index is 12.6. The number of nitrogens with one attached hydrogen (secondary N) is 1. The molecule has 4 aromatic rings. The first kappa shape index (κ1) is 18.6. The summed E-state index contributed by atoms with van der Waals surface area (Å²) >= 11 is 0. The van der Waals surface area contributed by atoms with Crippen molar-refractivity contribution in [2.24, 2.45) is 0 Å². The Bertz CT molecular complexity index is 1320. The Labute approximate surface area is 172 Å². The van der Waals surface area contributed by atoms with Crippen LogP contribution in [0.1, 0.15) is 40.9 Å². The second-order valence-electron chi connectivity index (χ2n) is 7.86. The fourth-order valence-corrected chi connectivity index (χ4v) is 4.28. The van der Waals surface area contributed by atoms with E-state index < -0.39 is 5.63 Å². The van der Waals surface area contributed by atoms with Gasteiger partial charge >= 0.3 is 5.63 Å². The average Bonchev–Trinajstić information content (AvgIpc) is 3.12. The van der Waals surface area contributed by atoms with Crippen molar-refractivity contribution < 1.29 is 13.6 Å². The average molecular weight is 402 g/mol. The molecule has 152 valence electrons. The van der Waals surface area contributed by atoms with E-state index in [1.165, 1.54) is 5.56 Å². The third-order valence-electron chi connectivity index (χ3n) is 5.91. The minimum atomic E-state index is -0.479. The number of hydrogen-bond donors (Lipinski definition) is 1. The molecule has 0 spiro atoms. The zero-order valence-electron chi connectivity index (χ0n) is 16.8. The lowest BCUT2D eigenvalue weighted by molar-refractivity contribution is -0.120.